The molecule has 0 spiro atoms. The van der Waals surface area contributed by atoms with E-state index >= 15 is 0 Å². The van der Waals surface area contributed by atoms with Crippen molar-refractivity contribution >= 4 is 25.0 Å². The molecule has 0 saturated heterocycles. The first-order chi connectivity index (χ1) is 10.7. The van der Waals surface area contributed by atoms with Gasteiger partial charge in [0, 0.05) is 21.2 Å². The van der Waals surface area contributed by atoms with Crippen LogP contribution in [0.1, 0.15) is 19.4 Å². The van der Waals surface area contributed by atoms with E-state index in [1.54, 1.807) is 0 Å². The van der Waals surface area contributed by atoms with Crippen molar-refractivity contribution in [3.05, 3.63) is 42.0 Å². The number of halogens is 1. The fraction of sp³-hybridized carbons (Fsp3) is 0.294. The first kappa shape index (κ1) is 21.1. The van der Waals surface area contributed by atoms with Crippen LogP contribution in [-0.4, -0.2) is 13.2 Å². The first-order valence-corrected chi connectivity index (χ1v) is 7.50. The minimum Gasteiger partial charge on any atom is -0.493 e. The zero-order valence-corrected chi connectivity index (χ0v) is 15.2. The second kappa shape index (κ2) is 10.8. The Morgan fingerprint density at radius 1 is 0.913 bits per heavy atom. The van der Waals surface area contributed by atoms with Crippen molar-refractivity contribution in [2.45, 2.75) is 25.7 Å². The molecule has 0 saturated carbocycles. The van der Waals surface area contributed by atoms with Gasteiger partial charge in [0.1, 0.15) is 11.5 Å². The Labute approximate surface area is 149 Å². The molecule has 0 bridgehead atoms. The lowest BCUT2D eigenvalue weighted by Gasteiger charge is -2.15. The molecule has 0 atom stereocenters. The van der Waals surface area contributed by atoms with E-state index in [9.17, 15) is 0 Å². The van der Waals surface area contributed by atoms with E-state index in [-0.39, 0.29) is 12.4 Å². The van der Waals surface area contributed by atoms with Gasteiger partial charge in [0.15, 0.2) is 0 Å². The monoisotopic (exact) mass is 352 g/mol. The van der Waals surface area contributed by atoms with Crippen LogP contribution in [0.3, 0.4) is 0 Å². The van der Waals surface area contributed by atoms with Crippen LogP contribution >= 0.6 is 25.0 Å². The highest BCUT2D eigenvalue weighted by Gasteiger charge is 2.11. The van der Waals surface area contributed by atoms with Crippen LogP contribution in [0.5, 0.6) is 11.5 Å². The van der Waals surface area contributed by atoms with Crippen molar-refractivity contribution in [3.63, 3.8) is 0 Å². The van der Waals surface area contributed by atoms with Crippen LogP contribution < -0.4 is 9.47 Å². The Morgan fingerprint density at radius 3 is 1.96 bits per heavy atom. The van der Waals surface area contributed by atoms with Gasteiger partial charge in [0.2, 0.25) is 0 Å². The Morgan fingerprint density at radius 2 is 1.43 bits per heavy atom. The van der Waals surface area contributed by atoms with Gasteiger partial charge in [-0.3, -0.25) is 0 Å². The van der Waals surface area contributed by atoms with Crippen LogP contribution in [0.4, 0.5) is 0 Å². The Bertz CT molecular complexity index is 630. The summed E-state index contributed by atoms with van der Waals surface area (Å²) in [6.45, 7) is 7.27. The Hall–Kier alpha value is -1.90. The lowest BCUT2D eigenvalue weighted by molar-refractivity contribution is 0.324. The number of hydrogen-bond acceptors (Lipinski definition) is 5. The summed E-state index contributed by atoms with van der Waals surface area (Å²) in [5, 5.41) is 12.0. The van der Waals surface area contributed by atoms with Gasteiger partial charge < -0.3 is 9.47 Å². The molecule has 2 aromatic rings. The molecular weight excluding hydrogens is 332 g/mol. The van der Waals surface area contributed by atoms with E-state index in [0.29, 0.717) is 13.2 Å². The van der Waals surface area contributed by atoms with E-state index in [4.69, 9.17) is 20.3 Å². The summed E-state index contributed by atoms with van der Waals surface area (Å²) in [5.74, 6) is 1.62. The fourth-order valence-electron chi connectivity index (χ4n) is 2.05. The van der Waals surface area contributed by atoms with Gasteiger partial charge in [-0.15, -0.1) is 25.0 Å². The Kier molecular flexibility index (Phi) is 9.87. The largest absolute Gasteiger partial charge is 0.493 e. The summed E-state index contributed by atoms with van der Waals surface area (Å²) in [6, 6.07) is 12.3. The SMILES string of the molecule is CCOc1cc(-c2ccc(C)cc2)c(OCC)cc1S.Cl.N#N. The highest BCUT2D eigenvalue weighted by molar-refractivity contribution is 7.80. The van der Waals surface area contributed by atoms with Crippen molar-refractivity contribution in [2.24, 2.45) is 0 Å². The molecule has 23 heavy (non-hydrogen) atoms. The average Bonchev–Trinajstić information content (AvgIpc) is 2.53. The van der Waals surface area contributed by atoms with Crippen LogP contribution in [0.25, 0.3) is 11.1 Å². The summed E-state index contributed by atoms with van der Waals surface area (Å²) in [6.07, 6.45) is 0. The maximum absolute atomic E-state index is 6.00. The van der Waals surface area contributed by atoms with Crippen molar-refractivity contribution in [3.8, 4) is 22.6 Å². The fourth-order valence-corrected chi connectivity index (χ4v) is 2.30. The molecule has 2 rings (SSSR count). The summed E-state index contributed by atoms with van der Waals surface area (Å²) in [5.41, 5.74) is 3.39. The third-order valence-corrected chi connectivity index (χ3v) is 3.37. The van der Waals surface area contributed by atoms with Crippen LogP contribution in [0.15, 0.2) is 41.3 Å². The first-order valence-electron chi connectivity index (χ1n) is 7.05. The van der Waals surface area contributed by atoms with Gasteiger partial charge in [-0.05, 0) is 38.5 Å². The maximum atomic E-state index is 6.00. The molecule has 0 fully saturated rings. The second-order valence-corrected chi connectivity index (χ2v) is 5.03. The molecule has 124 valence electrons. The smallest absolute Gasteiger partial charge is 0.133 e. The van der Waals surface area contributed by atoms with E-state index in [0.717, 1.165) is 27.5 Å². The van der Waals surface area contributed by atoms with Gasteiger partial charge in [-0.1, -0.05) is 29.8 Å². The topological polar surface area (TPSA) is 66.0 Å². The van der Waals surface area contributed by atoms with Gasteiger partial charge >= 0.3 is 0 Å². The van der Waals surface area contributed by atoms with Crippen LogP contribution in [0, 0.1) is 17.7 Å². The molecule has 0 aliphatic carbocycles. The standard InChI is InChI=1S/C17H20O2S.ClH.N2/c1-4-18-15-11-17(20)16(19-5-2)10-14(15)13-8-6-12(3)7-9-13;;1-2/h6-11,20H,4-5H2,1-3H3;1H;. The number of hydrogen-bond donors (Lipinski definition) is 1. The summed E-state index contributed by atoms with van der Waals surface area (Å²) in [7, 11) is 0. The van der Waals surface area contributed by atoms with Crippen molar-refractivity contribution in [1.29, 1.82) is 10.8 Å². The second-order valence-electron chi connectivity index (χ2n) is 4.55. The molecule has 0 unspecified atom stereocenters. The van der Waals surface area contributed by atoms with E-state index in [2.05, 4.69) is 43.8 Å². The third kappa shape index (κ3) is 5.66. The van der Waals surface area contributed by atoms with E-state index in [1.807, 2.05) is 26.0 Å². The van der Waals surface area contributed by atoms with Crippen LogP contribution in [-0.2, 0) is 0 Å². The molecule has 0 aliphatic rings. The van der Waals surface area contributed by atoms with Crippen molar-refractivity contribution < 1.29 is 9.47 Å². The minimum absolute atomic E-state index is 0. The highest BCUT2D eigenvalue weighted by Crippen LogP contribution is 2.38. The molecule has 0 amide bonds. The van der Waals surface area contributed by atoms with Crippen LogP contribution in [0.2, 0.25) is 0 Å². The van der Waals surface area contributed by atoms with Crippen molar-refractivity contribution in [2.75, 3.05) is 13.2 Å². The average molecular weight is 353 g/mol. The van der Waals surface area contributed by atoms with E-state index in [1.165, 1.54) is 5.56 Å². The zero-order chi connectivity index (χ0) is 16.5. The third-order valence-electron chi connectivity index (χ3n) is 3.02. The van der Waals surface area contributed by atoms with E-state index < -0.39 is 0 Å². The highest BCUT2D eigenvalue weighted by atomic mass is 35.5. The molecular formula is C17H21ClN2O2S. The molecule has 0 aliphatic heterocycles. The van der Waals surface area contributed by atoms with Gasteiger partial charge in [-0.25, -0.2) is 0 Å². The zero-order valence-electron chi connectivity index (χ0n) is 13.4. The molecule has 2 aromatic carbocycles. The predicted octanol–water partition coefficient (Wildman–Crippen LogP) is 5.20. The van der Waals surface area contributed by atoms with Gasteiger partial charge in [0.05, 0.1) is 13.2 Å². The molecule has 0 heterocycles. The number of rotatable bonds is 5. The molecule has 0 radical (unpaired) electrons. The van der Waals surface area contributed by atoms with Gasteiger partial charge in [0.25, 0.3) is 0 Å². The maximum Gasteiger partial charge on any atom is 0.133 e. The number of nitrogens with zero attached hydrogens (tertiary/aromatic N) is 2. The minimum atomic E-state index is 0. The van der Waals surface area contributed by atoms with Gasteiger partial charge in [-0.2, -0.15) is 0 Å². The van der Waals surface area contributed by atoms with Crippen molar-refractivity contribution in [1.82, 2.24) is 0 Å². The number of aryl methyl sites for hydroxylation is 1. The molecule has 6 heteroatoms. The number of thiol groups is 1. The lowest BCUT2D eigenvalue weighted by atomic mass is 10.0. The lowest BCUT2D eigenvalue weighted by Crippen LogP contribution is -1.98. The summed E-state index contributed by atoms with van der Waals surface area (Å²) >= 11 is 4.47. The normalized spacial score (nSPS) is 9.13. The number of benzene rings is 2. The summed E-state index contributed by atoms with van der Waals surface area (Å²) < 4.78 is 11.4. The molecule has 0 N–H and O–H groups in total. The summed E-state index contributed by atoms with van der Waals surface area (Å²) in [4.78, 5) is 0.797. The Balaban J connectivity index is 0.00000155. The predicted molar refractivity (Wildman–Crippen MR) is 96.9 cm³/mol. The molecule has 4 nitrogen and oxygen atoms in total. The quantitative estimate of drug-likeness (QED) is 0.593. The number of ether oxygens (including phenoxy) is 2. The molecule has 0 aromatic heterocycles.